The number of carbonyl (C=O) groups excluding carboxylic acids is 2. The van der Waals surface area contributed by atoms with Crippen molar-refractivity contribution in [1.82, 2.24) is 24.7 Å². The van der Waals surface area contributed by atoms with E-state index in [0.29, 0.717) is 23.0 Å². The highest BCUT2D eigenvalue weighted by Crippen LogP contribution is 2.31. The maximum atomic E-state index is 11.9. The van der Waals surface area contributed by atoms with E-state index in [1.807, 2.05) is 35.6 Å². The normalized spacial score (nSPS) is 10.8. The van der Waals surface area contributed by atoms with Crippen LogP contribution in [0.25, 0.3) is 27.5 Å². The number of amides is 3. The molecule has 4 N–H and O–H groups in total. The zero-order valence-corrected chi connectivity index (χ0v) is 16.2. The summed E-state index contributed by atoms with van der Waals surface area (Å²) in [7, 11) is 0. The van der Waals surface area contributed by atoms with Crippen LogP contribution in [0.5, 0.6) is 0 Å². The maximum Gasteiger partial charge on any atom is 0.320 e. The van der Waals surface area contributed by atoms with Gasteiger partial charge in [0, 0.05) is 29.9 Å². The van der Waals surface area contributed by atoms with E-state index in [0.717, 1.165) is 16.8 Å². The van der Waals surface area contributed by atoms with Crippen LogP contribution in [0.3, 0.4) is 0 Å². The molecule has 10 heteroatoms. The Balaban J connectivity index is 1.86. The number of hydrogen-bond donors (Lipinski definition) is 3. The van der Waals surface area contributed by atoms with E-state index in [4.69, 9.17) is 5.73 Å². The number of anilines is 1. The van der Waals surface area contributed by atoms with Crippen LogP contribution in [0, 0.1) is 0 Å². The number of aromatic nitrogens is 4. The zero-order chi connectivity index (χ0) is 20.4. The van der Waals surface area contributed by atoms with E-state index < -0.39 is 5.91 Å². The van der Waals surface area contributed by atoms with Gasteiger partial charge < -0.3 is 11.1 Å². The zero-order valence-electron chi connectivity index (χ0n) is 15.4. The van der Waals surface area contributed by atoms with Crippen molar-refractivity contribution in [3.8, 4) is 21.8 Å². The van der Waals surface area contributed by atoms with Gasteiger partial charge in [-0.2, -0.15) is 0 Å². The van der Waals surface area contributed by atoms with Crippen molar-refractivity contribution in [2.75, 3.05) is 11.9 Å². The van der Waals surface area contributed by atoms with Gasteiger partial charge in [-0.1, -0.05) is 6.07 Å². The number of rotatable bonds is 5. The molecule has 0 bridgehead atoms. The minimum Gasteiger partial charge on any atom is -0.364 e. The van der Waals surface area contributed by atoms with E-state index in [9.17, 15) is 9.59 Å². The molecular formula is C19H17N7O2S. The summed E-state index contributed by atoms with van der Waals surface area (Å²) in [5, 5.41) is 7.60. The van der Waals surface area contributed by atoms with Gasteiger partial charge in [-0.3, -0.25) is 19.5 Å². The Kier molecular flexibility index (Phi) is 4.92. The second-order valence-electron chi connectivity index (χ2n) is 6.11. The number of pyridine rings is 2. The summed E-state index contributed by atoms with van der Waals surface area (Å²) in [4.78, 5) is 36.4. The Hall–Kier alpha value is -3.79. The SMILES string of the molecule is CCNC(=O)Nc1cn2c(-c3nc(C(N)=O)cs3)cc(-c3cccnc3)cc2n1. The average molecular weight is 407 g/mol. The fraction of sp³-hybridized carbons (Fsp3) is 0.105. The van der Waals surface area contributed by atoms with Crippen LogP contribution in [0.15, 0.2) is 48.2 Å². The average Bonchev–Trinajstić information content (AvgIpc) is 3.35. The molecule has 0 aromatic carbocycles. The van der Waals surface area contributed by atoms with E-state index in [1.54, 1.807) is 24.0 Å². The number of hydrogen-bond acceptors (Lipinski definition) is 6. The van der Waals surface area contributed by atoms with Gasteiger partial charge >= 0.3 is 6.03 Å². The van der Waals surface area contributed by atoms with Crippen molar-refractivity contribution in [2.45, 2.75) is 6.92 Å². The minimum atomic E-state index is -0.587. The van der Waals surface area contributed by atoms with Crippen LogP contribution in [-0.4, -0.2) is 37.8 Å². The maximum absolute atomic E-state index is 11.9. The Bertz CT molecular complexity index is 1200. The highest BCUT2D eigenvalue weighted by atomic mass is 32.1. The Morgan fingerprint density at radius 3 is 2.79 bits per heavy atom. The number of urea groups is 1. The van der Waals surface area contributed by atoms with Gasteiger partial charge in [0.15, 0.2) is 5.82 Å². The molecular weight excluding hydrogens is 390 g/mol. The Morgan fingerprint density at radius 1 is 1.24 bits per heavy atom. The smallest absolute Gasteiger partial charge is 0.320 e. The third-order valence-corrected chi connectivity index (χ3v) is 4.98. The number of thiazole rings is 1. The van der Waals surface area contributed by atoms with Crippen molar-refractivity contribution >= 4 is 34.7 Å². The number of imidazole rings is 1. The van der Waals surface area contributed by atoms with E-state index in [-0.39, 0.29) is 11.7 Å². The minimum absolute atomic E-state index is 0.200. The summed E-state index contributed by atoms with van der Waals surface area (Å²) in [5.41, 5.74) is 8.67. The molecule has 4 aromatic rings. The lowest BCUT2D eigenvalue weighted by Crippen LogP contribution is -2.28. The molecule has 0 unspecified atom stereocenters. The predicted octanol–water partition coefficient (Wildman–Crippen LogP) is 2.76. The van der Waals surface area contributed by atoms with Crippen molar-refractivity contribution in [2.24, 2.45) is 5.73 Å². The first-order valence-electron chi connectivity index (χ1n) is 8.79. The number of primary amides is 1. The van der Waals surface area contributed by atoms with Crippen molar-refractivity contribution in [3.05, 3.63) is 53.9 Å². The lowest BCUT2D eigenvalue weighted by Gasteiger charge is -2.07. The van der Waals surface area contributed by atoms with Crippen molar-refractivity contribution in [1.29, 1.82) is 0 Å². The summed E-state index contributed by atoms with van der Waals surface area (Å²) >= 11 is 1.31. The van der Waals surface area contributed by atoms with Crippen LogP contribution in [0.4, 0.5) is 10.6 Å². The number of nitrogens with two attached hydrogens (primary N) is 1. The molecule has 0 radical (unpaired) electrons. The van der Waals surface area contributed by atoms with E-state index in [2.05, 4.69) is 25.6 Å². The number of fused-ring (bicyclic) bond motifs is 1. The molecule has 0 aliphatic heterocycles. The molecule has 0 saturated carbocycles. The first kappa shape index (κ1) is 18.6. The summed E-state index contributed by atoms with van der Waals surface area (Å²) in [6.45, 7) is 2.34. The van der Waals surface area contributed by atoms with Crippen LogP contribution < -0.4 is 16.4 Å². The fourth-order valence-corrected chi connectivity index (χ4v) is 3.66. The van der Waals surface area contributed by atoms with Gasteiger partial charge in [0.25, 0.3) is 5.91 Å². The summed E-state index contributed by atoms with van der Waals surface area (Å²) in [6.07, 6.45) is 5.16. The highest BCUT2D eigenvalue weighted by molar-refractivity contribution is 7.13. The lowest BCUT2D eigenvalue weighted by molar-refractivity contribution is 0.0996. The number of nitrogens with one attached hydrogen (secondary N) is 2. The predicted molar refractivity (Wildman–Crippen MR) is 111 cm³/mol. The van der Waals surface area contributed by atoms with Crippen molar-refractivity contribution in [3.63, 3.8) is 0 Å². The van der Waals surface area contributed by atoms with Gasteiger partial charge in [-0.05, 0) is 30.7 Å². The molecule has 0 atom stereocenters. The van der Waals surface area contributed by atoms with E-state index in [1.165, 1.54) is 11.3 Å². The molecule has 4 rings (SSSR count). The summed E-state index contributed by atoms with van der Waals surface area (Å²) in [5.74, 6) is -0.191. The van der Waals surface area contributed by atoms with Crippen LogP contribution in [-0.2, 0) is 0 Å². The molecule has 3 amide bonds. The highest BCUT2D eigenvalue weighted by Gasteiger charge is 2.16. The standard InChI is InChI=1S/C19H17N7O2S/c1-2-22-19(28)25-15-9-26-14(18-23-13(10-29-18)17(20)27)6-12(7-16(26)24-15)11-4-3-5-21-8-11/h3-10H,2H2,1H3,(H2,20,27)(H2,22,25,28). The van der Waals surface area contributed by atoms with Gasteiger partial charge in [-0.15, -0.1) is 11.3 Å². The second-order valence-corrected chi connectivity index (χ2v) is 6.97. The summed E-state index contributed by atoms with van der Waals surface area (Å²) < 4.78 is 1.81. The van der Waals surface area contributed by atoms with Gasteiger partial charge in [0.05, 0.1) is 11.9 Å². The second kappa shape index (κ2) is 7.68. The van der Waals surface area contributed by atoms with Crippen LogP contribution >= 0.6 is 11.3 Å². The van der Waals surface area contributed by atoms with E-state index >= 15 is 0 Å². The number of carbonyl (C=O) groups is 2. The first-order valence-corrected chi connectivity index (χ1v) is 9.67. The molecule has 0 aliphatic carbocycles. The van der Waals surface area contributed by atoms with Gasteiger partial charge in [-0.25, -0.2) is 14.8 Å². The molecule has 9 nitrogen and oxygen atoms in total. The molecule has 0 fully saturated rings. The molecule has 29 heavy (non-hydrogen) atoms. The van der Waals surface area contributed by atoms with Crippen LogP contribution in [0.1, 0.15) is 17.4 Å². The first-order chi connectivity index (χ1) is 14.0. The summed E-state index contributed by atoms with van der Waals surface area (Å²) in [6, 6.07) is 7.28. The third-order valence-electron chi connectivity index (χ3n) is 4.12. The molecule has 146 valence electrons. The monoisotopic (exact) mass is 407 g/mol. The molecule has 4 aromatic heterocycles. The third kappa shape index (κ3) is 3.78. The van der Waals surface area contributed by atoms with Crippen LogP contribution in [0.2, 0.25) is 0 Å². The quantitative estimate of drug-likeness (QED) is 0.469. The molecule has 0 aliphatic rings. The fourth-order valence-electron chi connectivity index (χ4n) is 2.84. The Morgan fingerprint density at radius 2 is 2.10 bits per heavy atom. The molecule has 4 heterocycles. The van der Waals surface area contributed by atoms with Crippen molar-refractivity contribution < 1.29 is 9.59 Å². The molecule has 0 saturated heterocycles. The Labute approximate surface area is 169 Å². The largest absolute Gasteiger partial charge is 0.364 e. The topological polar surface area (TPSA) is 127 Å². The van der Waals surface area contributed by atoms with Gasteiger partial charge in [0.2, 0.25) is 0 Å². The van der Waals surface area contributed by atoms with Gasteiger partial charge in [0.1, 0.15) is 16.3 Å². The number of nitrogens with zero attached hydrogens (tertiary/aromatic N) is 4. The molecule has 0 spiro atoms. The lowest BCUT2D eigenvalue weighted by atomic mass is 10.1.